The van der Waals surface area contributed by atoms with Crippen LogP contribution in [0.1, 0.15) is 18.1 Å². The van der Waals surface area contributed by atoms with E-state index in [2.05, 4.69) is 19.1 Å². The molecule has 0 aromatic heterocycles. The van der Waals surface area contributed by atoms with Crippen LogP contribution in [0.5, 0.6) is 0 Å². The van der Waals surface area contributed by atoms with Gasteiger partial charge in [0.25, 0.3) is 0 Å². The molecule has 0 aliphatic heterocycles. The van der Waals surface area contributed by atoms with E-state index >= 15 is 0 Å². The number of hydrogen-bond donors (Lipinski definition) is 0. The predicted molar refractivity (Wildman–Crippen MR) is 88.3 cm³/mol. The number of ether oxygens (including phenoxy) is 1. The average molecular weight is 302 g/mol. The topological polar surface area (TPSA) is 12.5 Å². The molecule has 2 aromatic rings. The Hall–Kier alpha value is -1.93. The Morgan fingerprint density at radius 3 is 2.10 bits per heavy atom. The van der Waals surface area contributed by atoms with E-state index in [1.807, 2.05) is 67.7 Å². The zero-order chi connectivity index (χ0) is 15.3. The fourth-order valence-corrected chi connectivity index (χ4v) is 2.24. The molecule has 3 heteroatoms. The van der Waals surface area contributed by atoms with Gasteiger partial charge in [0.2, 0.25) is 0 Å². The van der Waals surface area contributed by atoms with Gasteiger partial charge in [0.05, 0.1) is 0 Å². The van der Waals surface area contributed by atoms with Gasteiger partial charge in [0.1, 0.15) is 6.26 Å². The number of rotatable bonds is 5. The summed E-state index contributed by atoms with van der Waals surface area (Å²) in [7, 11) is 3.92. The molecular formula is C18H20ClNO. The van der Waals surface area contributed by atoms with Crippen LogP contribution in [0, 0.1) is 0 Å². The van der Waals surface area contributed by atoms with Gasteiger partial charge in [-0.3, -0.25) is 0 Å². The first kappa shape index (κ1) is 15.5. The Kier molecular flexibility index (Phi) is 4.92. The quantitative estimate of drug-likeness (QED) is 0.745. The van der Waals surface area contributed by atoms with E-state index in [9.17, 15) is 0 Å². The minimum absolute atomic E-state index is 0.557. The predicted octanol–water partition coefficient (Wildman–Crippen LogP) is 4.65. The van der Waals surface area contributed by atoms with Gasteiger partial charge in [-0.15, -0.1) is 0 Å². The first-order valence-corrected chi connectivity index (χ1v) is 7.22. The van der Waals surface area contributed by atoms with Crippen molar-refractivity contribution in [2.45, 2.75) is 12.5 Å². The Morgan fingerprint density at radius 1 is 0.952 bits per heavy atom. The molecule has 0 N–H and O–H groups in total. The second-order valence-electron chi connectivity index (χ2n) is 5.27. The zero-order valence-corrected chi connectivity index (χ0v) is 13.3. The molecule has 0 spiro atoms. The van der Waals surface area contributed by atoms with Gasteiger partial charge in [0, 0.05) is 25.3 Å². The first-order chi connectivity index (χ1) is 10.0. The van der Waals surface area contributed by atoms with Gasteiger partial charge < -0.3 is 9.64 Å². The third-order valence-electron chi connectivity index (χ3n) is 3.38. The molecule has 2 aromatic carbocycles. The van der Waals surface area contributed by atoms with Crippen LogP contribution in [0.15, 0.2) is 67.1 Å². The molecule has 0 amide bonds. The third-order valence-corrected chi connectivity index (χ3v) is 3.63. The van der Waals surface area contributed by atoms with Gasteiger partial charge in [0.15, 0.2) is 5.60 Å². The van der Waals surface area contributed by atoms with Crippen LogP contribution in [0.2, 0.25) is 5.02 Å². The van der Waals surface area contributed by atoms with E-state index in [0.29, 0.717) is 0 Å². The number of hydrogen-bond acceptors (Lipinski definition) is 2. The van der Waals surface area contributed by atoms with Crippen LogP contribution < -0.4 is 0 Å². The molecule has 21 heavy (non-hydrogen) atoms. The Balaban J connectivity index is 2.41. The fourth-order valence-electron chi connectivity index (χ4n) is 2.12. The summed E-state index contributed by atoms with van der Waals surface area (Å²) in [6, 6.07) is 17.9. The smallest absolute Gasteiger partial charge is 0.155 e. The molecule has 1 atom stereocenters. The van der Waals surface area contributed by atoms with E-state index in [4.69, 9.17) is 16.3 Å². The monoisotopic (exact) mass is 301 g/mol. The van der Waals surface area contributed by atoms with Gasteiger partial charge in [-0.25, -0.2) is 0 Å². The molecule has 0 saturated carbocycles. The lowest BCUT2D eigenvalue weighted by Gasteiger charge is -2.30. The number of halogens is 1. The highest BCUT2D eigenvalue weighted by atomic mass is 35.5. The zero-order valence-electron chi connectivity index (χ0n) is 12.6. The largest absolute Gasteiger partial charge is 0.484 e. The van der Waals surface area contributed by atoms with Crippen molar-refractivity contribution < 1.29 is 4.74 Å². The highest BCUT2D eigenvalue weighted by Gasteiger charge is 2.29. The van der Waals surface area contributed by atoms with Crippen molar-refractivity contribution in [1.82, 2.24) is 4.90 Å². The summed E-state index contributed by atoms with van der Waals surface area (Å²) in [5.74, 6) is 0. The normalized spacial score (nSPS) is 13.9. The molecule has 2 nitrogen and oxygen atoms in total. The van der Waals surface area contributed by atoms with Crippen LogP contribution in [-0.4, -0.2) is 19.0 Å². The molecule has 0 heterocycles. The van der Waals surface area contributed by atoms with Crippen molar-refractivity contribution in [3.8, 4) is 0 Å². The Labute approximate surface area is 131 Å². The van der Waals surface area contributed by atoms with Gasteiger partial charge in [-0.2, -0.15) is 0 Å². The van der Waals surface area contributed by atoms with Gasteiger partial charge in [-0.1, -0.05) is 54.1 Å². The third kappa shape index (κ3) is 3.79. The summed E-state index contributed by atoms with van der Waals surface area (Å²) < 4.78 is 6.09. The van der Waals surface area contributed by atoms with Crippen LogP contribution in [0.4, 0.5) is 0 Å². The second-order valence-corrected chi connectivity index (χ2v) is 5.71. The summed E-state index contributed by atoms with van der Waals surface area (Å²) in [6.45, 7) is 2.06. The molecule has 110 valence electrons. The van der Waals surface area contributed by atoms with Crippen molar-refractivity contribution in [2.75, 3.05) is 14.1 Å². The van der Waals surface area contributed by atoms with Crippen LogP contribution in [0.3, 0.4) is 0 Å². The second kappa shape index (κ2) is 6.68. The van der Waals surface area contributed by atoms with Crippen molar-refractivity contribution in [3.05, 3.63) is 83.2 Å². The molecule has 0 fully saturated rings. The van der Waals surface area contributed by atoms with Crippen molar-refractivity contribution in [3.63, 3.8) is 0 Å². The standard InChI is InChI=1S/C18H20ClNO/c1-18(21-14-13-20(2)3,15-7-5-4-6-8-15)16-9-11-17(19)12-10-16/h4-14H,1-3H3/b14-13+. The molecule has 0 aliphatic carbocycles. The highest BCUT2D eigenvalue weighted by Crippen LogP contribution is 2.34. The Bertz CT molecular complexity index is 592. The SMILES string of the molecule is CN(C)/C=C/OC(C)(c1ccccc1)c1ccc(Cl)cc1. The first-order valence-electron chi connectivity index (χ1n) is 6.85. The summed E-state index contributed by atoms with van der Waals surface area (Å²) in [5.41, 5.74) is 1.59. The van der Waals surface area contributed by atoms with Crippen LogP contribution >= 0.6 is 11.6 Å². The maximum Gasteiger partial charge on any atom is 0.155 e. The fraction of sp³-hybridized carbons (Fsp3) is 0.222. The van der Waals surface area contributed by atoms with Gasteiger partial charge >= 0.3 is 0 Å². The minimum atomic E-state index is -0.557. The molecule has 0 aliphatic rings. The number of benzene rings is 2. The molecule has 0 saturated heterocycles. The van der Waals surface area contributed by atoms with E-state index in [-0.39, 0.29) is 0 Å². The highest BCUT2D eigenvalue weighted by molar-refractivity contribution is 6.30. The number of nitrogens with zero attached hydrogens (tertiary/aromatic N) is 1. The maximum absolute atomic E-state index is 6.09. The molecular weight excluding hydrogens is 282 g/mol. The maximum atomic E-state index is 6.09. The molecule has 0 radical (unpaired) electrons. The minimum Gasteiger partial charge on any atom is -0.484 e. The van der Waals surface area contributed by atoms with E-state index in [1.165, 1.54) is 0 Å². The molecule has 2 rings (SSSR count). The van der Waals surface area contributed by atoms with Crippen molar-refractivity contribution in [2.24, 2.45) is 0 Å². The Morgan fingerprint density at radius 2 is 1.52 bits per heavy atom. The van der Waals surface area contributed by atoms with E-state index in [1.54, 1.807) is 6.26 Å². The van der Waals surface area contributed by atoms with E-state index < -0.39 is 5.60 Å². The summed E-state index contributed by atoms with van der Waals surface area (Å²) in [4.78, 5) is 1.94. The lowest BCUT2D eigenvalue weighted by atomic mass is 9.88. The van der Waals surface area contributed by atoms with Crippen molar-refractivity contribution in [1.29, 1.82) is 0 Å². The van der Waals surface area contributed by atoms with Crippen LogP contribution in [0.25, 0.3) is 0 Å². The summed E-state index contributed by atoms with van der Waals surface area (Å²) in [6.07, 6.45) is 3.61. The average Bonchev–Trinajstić information content (AvgIpc) is 2.48. The van der Waals surface area contributed by atoms with Crippen molar-refractivity contribution >= 4 is 11.6 Å². The van der Waals surface area contributed by atoms with E-state index in [0.717, 1.165) is 16.1 Å². The molecule has 1 unspecified atom stereocenters. The lowest BCUT2D eigenvalue weighted by molar-refractivity contribution is 0.0746. The summed E-state index contributed by atoms with van der Waals surface area (Å²) in [5, 5.41) is 0.720. The molecule has 0 bridgehead atoms. The van der Waals surface area contributed by atoms with Crippen LogP contribution in [-0.2, 0) is 10.3 Å². The summed E-state index contributed by atoms with van der Waals surface area (Å²) >= 11 is 5.99. The lowest BCUT2D eigenvalue weighted by Crippen LogP contribution is -2.25. The van der Waals surface area contributed by atoms with Gasteiger partial charge in [-0.05, 0) is 30.2 Å².